The molecule has 3 amide bonds. The van der Waals surface area contributed by atoms with Gasteiger partial charge in [0.25, 0.3) is 0 Å². The zero-order valence-corrected chi connectivity index (χ0v) is 17.1. The number of likely N-dealkylation sites (tertiary alicyclic amines) is 1. The number of benzene rings is 1. The lowest BCUT2D eigenvalue weighted by Gasteiger charge is -2.34. The Morgan fingerprint density at radius 3 is 2.34 bits per heavy atom. The summed E-state index contributed by atoms with van der Waals surface area (Å²) in [5.41, 5.74) is 0.929. The quantitative estimate of drug-likeness (QED) is 0.701. The van der Waals surface area contributed by atoms with Crippen molar-refractivity contribution in [2.75, 3.05) is 59.5 Å². The lowest BCUT2D eigenvalue weighted by atomic mass is 10.1. The van der Waals surface area contributed by atoms with Crippen molar-refractivity contribution in [1.29, 1.82) is 0 Å². The molecule has 8 heteroatoms. The summed E-state index contributed by atoms with van der Waals surface area (Å²) in [4.78, 5) is 42.3. The SMILES string of the molecule is COc1cccc(CC(=O)N2CCN(CC(=O)NCC(=O)N3CCCC3)CC2)c1. The molecule has 0 saturated carbocycles. The Hall–Kier alpha value is -2.61. The Bertz CT molecular complexity index is 725. The van der Waals surface area contributed by atoms with Crippen LogP contribution in [0, 0.1) is 0 Å². The van der Waals surface area contributed by atoms with Gasteiger partial charge in [0.2, 0.25) is 17.7 Å². The number of piperazine rings is 1. The zero-order valence-electron chi connectivity index (χ0n) is 17.1. The highest BCUT2D eigenvalue weighted by molar-refractivity contribution is 5.85. The fourth-order valence-electron chi connectivity index (χ4n) is 3.74. The number of ether oxygens (including phenoxy) is 1. The third-order valence-corrected chi connectivity index (χ3v) is 5.48. The molecule has 0 aromatic heterocycles. The average Bonchev–Trinajstić information content (AvgIpc) is 3.27. The van der Waals surface area contributed by atoms with Crippen molar-refractivity contribution < 1.29 is 19.1 Å². The van der Waals surface area contributed by atoms with Crippen LogP contribution in [0.1, 0.15) is 18.4 Å². The number of nitrogens with one attached hydrogen (secondary N) is 1. The molecule has 0 atom stereocenters. The second-order valence-corrected chi connectivity index (χ2v) is 7.55. The number of amides is 3. The molecular weight excluding hydrogens is 372 g/mol. The van der Waals surface area contributed by atoms with Crippen LogP contribution in [0.5, 0.6) is 5.75 Å². The van der Waals surface area contributed by atoms with E-state index in [1.165, 1.54) is 0 Å². The summed E-state index contributed by atoms with van der Waals surface area (Å²) in [5.74, 6) is 0.672. The van der Waals surface area contributed by atoms with E-state index in [1.807, 2.05) is 34.1 Å². The second-order valence-electron chi connectivity index (χ2n) is 7.55. The van der Waals surface area contributed by atoms with Crippen molar-refractivity contribution in [3.05, 3.63) is 29.8 Å². The maximum Gasteiger partial charge on any atom is 0.241 e. The monoisotopic (exact) mass is 402 g/mol. The maximum absolute atomic E-state index is 12.5. The van der Waals surface area contributed by atoms with Gasteiger partial charge in [0.05, 0.1) is 26.6 Å². The molecule has 8 nitrogen and oxygen atoms in total. The van der Waals surface area contributed by atoms with Gasteiger partial charge in [-0.1, -0.05) is 12.1 Å². The van der Waals surface area contributed by atoms with E-state index >= 15 is 0 Å². The van der Waals surface area contributed by atoms with E-state index in [2.05, 4.69) is 5.32 Å². The van der Waals surface area contributed by atoms with E-state index in [9.17, 15) is 14.4 Å². The minimum absolute atomic E-state index is 0.0104. The normalized spacial score (nSPS) is 17.3. The molecule has 1 aromatic carbocycles. The number of carbonyl (C=O) groups is 3. The summed E-state index contributed by atoms with van der Waals surface area (Å²) in [6, 6.07) is 7.54. The lowest BCUT2D eigenvalue weighted by molar-refractivity contribution is -0.134. The van der Waals surface area contributed by atoms with Crippen molar-refractivity contribution in [1.82, 2.24) is 20.0 Å². The van der Waals surface area contributed by atoms with Gasteiger partial charge in [-0.25, -0.2) is 0 Å². The Kier molecular flexibility index (Phi) is 7.46. The first-order valence-electron chi connectivity index (χ1n) is 10.2. The predicted molar refractivity (Wildman–Crippen MR) is 109 cm³/mol. The van der Waals surface area contributed by atoms with Crippen molar-refractivity contribution >= 4 is 17.7 Å². The number of methoxy groups -OCH3 is 1. The van der Waals surface area contributed by atoms with Crippen LogP contribution in [0.4, 0.5) is 0 Å². The molecule has 29 heavy (non-hydrogen) atoms. The number of carbonyl (C=O) groups excluding carboxylic acids is 3. The molecule has 1 N–H and O–H groups in total. The number of hydrogen-bond donors (Lipinski definition) is 1. The van der Waals surface area contributed by atoms with E-state index in [0.29, 0.717) is 32.6 Å². The van der Waals surface area contributed by atoms with Crippen molar-refractivity contribution in [2.45, 2.75) is 19.3 Å². The highest BCUT2D eigenvalue weighted by Crippen LogP contribution is 2.14. The van der Waals surface area contributed by atoms with Crippen molar-refractivity contribution in [2.24, 2.45) is 0 Å². The van der Waals surface area contributed by atoms with Crippen LogP contribution in [0.3, 0.4) is 0 Å². The Morgan fingerprint density at radius 1 is 0.966 bits per heavy atom. The van der Waals surface area contributed by atoms with Gasteiger partial charge in [-0.05, 0) is 30.5 Å². The molecule has 0 bridgehead atoms. The van der Waals surface area contributed by atoms with Gasteiger partial charge in [-0.15, -0.1) is 0 Å². The van der Waals surface area contributed by atoms with E-state index < -0.39 is 0 Å². The predicted octanol–water partition coefficient (Wildman–Crippen LogP) is 0.121. The number of rotatable bonds is 7. The first-order valence-corrected chi connectivity index (χ1v) is 10.2. The molecular formula is C21H30N4O4. The third kappa shape index (κ3) is 6.19. The van der Waals surface area contributed by atoms with Crippen LogP contribution in [-0.2, 0) is 20.8 Å². The van der Waals surface area contributed by atoms with Crippen molar-refractivity contribution in [3.8, 4) is 5.75 Å². The second kappa shape index (κ2) is 10.2. The van der Waals surface area contributed by atoms with E-state index in [0.717, 1.165) is 37.2 Å². The van der Waals surface area contributed by atoms with Crippen LogP contribution >= 0.6 is 0 Å². The third-order valence-electron chi connectivity index (χ3n) is 5.48. The minimum Gasteiger partial charge on any atom is -0.497 e. The molecule has 2 fully saturated rings. The van der Waals surface area contributed by atoms with E-state index in [-0.39, 0.29) is 30.8 Å². The summed E-state index contributed by atoms with van der Waals surface area (Å²) in [6.45, 7) is 4.41. The summed E-state index contributed by atoms with van der Waals surface area (Å²) in [5, 5.41) is 2.72. The van der Waals surface area contributed by atoms with Gasteiger partial charge in [0, 0.05) is 39.3 Å². The van der Waals surface area contributed by atoms with Crippen LogP contribution in [-0.4, -0.2) is 91.9 Å². The van der Waals surface area contributed by atoms with Gasteiger partial charge >= 0.3 is 0 Å². The molecule has 158 valence electrons. The van der Waals surface area contributed by atoms with Gasteiger partial charge in [-0.2, -0.15) is 0 Å². The highest BCUT2D eigenvalue weighted by atomic mass is 16.5. The topological polar surface area (TPSA) is 82.2 Å². The highest BCUT2D eigenvalue weighted by Gasteiger charge is 2.23. The number of hydrogen-bond acceptors (Lipinski definition) is 5. The maximum atomic E-state index is 12.5. The summed E-state index contributed by atoms with van der Waals surface area (Å²) in [6.07, 6.45) is 2.43. The molecule has 0 unspecified atom stereocenters. The van der Waals surface area contributed by atoms with Gasteiger partial charge < -0.3 is 19.9 Å². The molecule has 0 spiro atoms. The number of nitrogens with zero attached hydrogens (tertiary/aromatic N) is 3. The molecule has 0 aliphatic carbocycles. The zero-order chi connectivity index (χ0) is 20.6. The molecule has 2 heterocycles. The van der Waals surface area contributed by atoms with Gasteiger partial charge in [0.1, 0.15) is 5.75 Å². The average molecular weight is 402 g/mol. The Morgan fingerprint density at radius 2 is 1.66 bits per heavy atom. The summed E-state index contributed by atoms with van der Waals surface area (Å²) in [7, 11) is 1.61. The first-order chi connectivity index (χ1) is 14.0. The van der Waals surface area contributed by atoms with Gasteiger partial charge in [-0.3, -0.25) is 19.3 Å². The fourth-order valence-corrected chi connectivity index (χ4v) is 3.74. The molecule has 0 radical (unpaired) electrons. The Balaban J connectivity index is 1.36. The van der Waals surface area contributed by atoms with Crippen LogP contribution in [0.2, 0.25) is 0 Å². The largest absolute Gasteiger partial charge is 0.497 e. The molecule has 2 aliphatic rings. The first kappa shape index (κ1) is 21.1. The smallest absolute Gasteiger partial charge is 0.241 e. The van der Waals surface area contributed by atoms with Crippen molar-refractivity contribution in [3.63, 3.8) is 0 Å². The van der Waals surface area contributed by atoms with E-state index in [1.54, 1.807) is 12.0 Å². The molecule has 2 saturated heterocycles. The van der Waals surface area contributed by atoms with Gasteiger partial charge in [0.15, 0.2) is 0 Å². The lowest BCUT2D eigenvalue weighted by Crippen LogP contribution is -2.52. The summed E-state index contributed by atoms with van der Waals surface area (Å²) < 4.78 is 5.20. The van der Waals surface area contributed by atoms with Crippen LogP contribution in [0.15, 0.2) is 24.3 Å². The van der Waals surface area contributed by atoms with Crippen LogP contribution in [0.25, 0.3) is 0 Å². The summed E-state index contributed by atoms with van der Waals surface area (Å²) >= 11 is 0. The molecule has 2 aliphatic heterocycles. The minimum atomic E-state index is -0.145. The fraction of sp³-hybridized carbons (Fsp3) is 0.571. The standard InChI is InChI=1S/C21H30N4O4/c1-29-18-6-4-5-17(13-18)14-20(27)25-11-9-23(10-12-25)16-19(26)22-15-21(28)24-7-2-3-8-24/h4-6,13H,2-3,7-12,14-16H2,1H3,(H,22,26). The molecule has 1 aromatic rings. The Labute approximate surface area is 171 Å². The van der Waals surface area contributed by atoms with Crippen LogP contribution < -0.4 is 10.1 Å². The molecule has 3 rings (SSSR count). The van der Waals surface area contributed by atoms with E-state index in [4.69, 9.17) is 4.74 Å².